The lowest BCUT2D eigenvalue weighted by Crippen LogP contribution is -2.24. The fourth-order valence-corrected chi connectivity index (χ4v) is 2.98. The topological polar surface area (TPSA) is 12.0 Å². The standard InChI is InChI=1S/C19H31N/c1-6-12-20-18(17-13-14(17)3)15-8-10-16(11-9-15)19(4,5)7-2/h8-11,14,17-18,20H,6-7,12-13H2,1-5H3. The molecule has 112 valence electrons. The molecule has 1 heteroatoms. The average Bonchev–Trinajstić information content (AvgIpc) is 3.16. The first-order valence-electron chi connectivity index (χ1n) is 8.33. The number of rotatable bonds is 7. The summed E-state index contributed by atoms with van der Waals surface area (Å²) in [5.41, 5.74) is 3.22. The average molecular weight is 273 g/mol. The van der Waals surface area contributed by atoms with Crippen LogP contribution in [0, 0.1) is 11.8 Å². The van der Waals surface area contributed by atoms with Gasteiger partial charge in [-0.25, -0.2) is 0 Å². The third-order valence-corrected chi connectivity index (χ3v) is 5.15. The predicted molar refractivity (Wildman–Crippen MR) is 88.1 cm³/mol. The van der Waals surface area contributed by atoms with Gasteiger partial charge in [-0.05, 0) is 54.2 Å². The van der Waals surface area contributed by atoms with E-state index in [1.165, 1.54) is 30.4 Å². The van der Waals surface area contributed by atoms with Crippen LogP contribution >= 0.6 is 0 Å². The number of nitrogens with one attached hydrogen (secondary N) is 1. The lowest BCUT2D eigenvalue weighted by Gasteiger charge is -2.25. The molecule has 1 fully saturated rings. The summed E-state index contributed by atoms with van der Waals surface area (Å²) < 4.78 is 0. The first kappa shape index (κ1) is 15.6. The van der Waals surface area contributed by atoms with Crippen molar-refractivity contribution in [3.8, 4) is 0 Å². The molecule has 0 saturated heterocycles. The second kappa shape index (κ2) is 6.30. The third-order valence-electron chi connectivity index (χ3n) is 5.15. The molecule has 0 heterocycles. The minimum Gasteiger partial charge on any atom is -0.310 e. The summed E-state index contributed by atoms with van der Waals surface area (Å²) in [7, 11) is 0. The van der Waals surface area contributed by atoms with Crippen molar-refractivity contribution < 1.29 is 0 Å². The fraction of sp³-hybridized carbons (Fsp3) is 0.684. The van der Waals surface area contributed by atoms with Gasteiger partial charge < -0.3 is 5.32 Å². The maximum atomic E-state index is 3.75. The van der Waals surface area contributed by atoms with E-state index >= 15 is 0 Å². The zero-order valence-electron chi connectivity index (χ0n) is 13.9. The summed E-state index contributed by atoms with van der Waals surface area (Å²) in [5.74, 6) is 1.72. The normalized spacial score (nSPS) is 23.6. The molecule has 1 aromatic carbocycles. The molecule has 1 aromatic rings. The van der Waals surface area contributed by atoms with Gasteiger partial charge >= 0.3 is 0 Å². The first-order valence-corrected chi connectivity index (χ1v) is 8.33. The van der Waals surface area contributed by atoms with Crippen LogP contribution in [0.5, 0.6) is 0 Å². The van der Waals surface area contributed by atoms with E-state index in [-0.39, 0.29) is 5.41 Å². The van der Waals surface area contributed by atoms with Gasteiger partial charge in [-0.2, -0.15) is 0 Å². The van der Waals surface area contributed by atoms with Gasteiger partial charge in [-0.15, -0.1) is 0 Å². The van der Waals surface area contributed by atoms with Gasteiger partial charge in [0.25, 0.3) is 0 Å². The van der Waals surface area contributed by atoms with Crippen LogP contribution in [0.25, 0.3) is 0 Å². The molecular weight excluding hydrogens is 242 g/mol. The highest BCUT2D eigenvalue weighted by molar-refractivity contribution is 5.30. The molecule has 1 aliphatic rings. The molecule has 0 amide bonds. The molecule has 3 atom stereocenters. The van der Waals surface area contributed by atoms with E-state index in [0.29, 0.717) is 6.04 Å². The fourth-order valence-electron chi connectivity index (χ4n) is 2.98. The number of benzene rings is 1. The molecule has 0 aromatic heterocycles. The Hall–Kier alpha value is -0.820. The Bertz CT molecular complexity index is 418. The van der Waals surface area contributed by atoms with Crippen LogP contribution in [0.2, 0.25) is 0 Å². The number of hydrogen-bond acceptors (Lipinski definition) is 1. The monoisotopic (exact) mass is 273 g/mol. The van der Waals surface area contributed by atoms with Crippen LogP contribution in [0.1, 0.15) is 71.0 Å². The Kier molecular flexibility index (Phi) is 4.90. The lowest BCUT2D eigenvalue weighted by atomic mass is 9.81. The van der Waals surface area contributed by atoms with Crippen LogP contribution < -0.4 is 5.32 Å². The molecule has 1 aliphatic carbocycles. The molecule has 0 radical (unpaired) electrons. The van der Waals surface area contributed by atoms with Crippen molar-refractivity contribution in [1.82, 2.24) is 5.32 Å². The Labute approximate surface area is 125 Å². The molecule has 2 rings (SSSR count). The van der Waals surface area contributed by atoms with Crippen LogP contribution in [-0.4, -0.2) is 6.54 Å². The van der Waals surface area contributed by atoms with E-state index in [0.717, 1.165) is 18.4 Å². The lowest BCUT2D eigenvalue weighted by molar-refractivity contribution is 0.461. The van der Waals surface area contributed by atoms with Gasteiger partial charge in [0.05, 0.1) is 0 Å². The van der Waals surface area contributed by atoms with Gasteiger partial charge in [-0.3, -0.25) is 0 Å². The minimum atomic E-state index is 0.289. The molecule has 20 heavy (non-hydrogen) atoms. The maximum Gasteiger partial charge on any atom is 0.0351 e. The van der Waals surface area contributed by atoms with Crippen molar-refractivity contribution in [1.29, 1.82) is 0 Å². The molecule has 0 spiro atoms. The Morgan fingerprint density at radius 1 is 1.20 bits per heavy atom. The second-order valence-electron chi connectivity index (χ2n) is 7.17. The van der Waals surface area contributed by atoms with Crippen molar-refractivity contribution in [3.63, 3.8) is 0 Å². The summed E-state index contributed by atoms with van der Waals surface area (Å²) in [6.45, 7) is 12.7. The van der Waals surface area contributed by atoms with Crippen molar-refractivity contribution >= 4 is 0 Å². The quantitative estimate of drug-likeness (QED) is 0.731. The second-order valence-corrected chi connectivity index (χ2v) is 7.17. The minimum absolute atomic E-state index is 0.289. The van der Waals surface area contributed by atoms with Crippen LogP contribution in [0.15, 0.2) is 24.3 Å². The highest BCUT2D eigenvalue weighted by Crippen LogP contribution is 2.47. The van der Waals surface area contributed by atoms with Crippen LogP contribution in [0.4, 0.5) is 0 Å². The molecule has 3 unspecified atom stereocenters. The maximum absolute atomic E-state index is 3.75. The summed E-state index contributed by atoms with van der Waals surface area (Å²) in [6.07, 6.45) is 3.77. The molecule has 0 bridgehead atoms. The van der Waals surface area contributed by atoms with E-state index in [2.05, 4.69) is 64.2 Å². The SMILES string of the molecule is CCCNC(c1ccc(C(C)(C)CC)cc1)C1CC1C. The number of hydrogen-bond donors (Lipinski definition) is 1. The molecule has 0 aliphatic heterocycles. The highest BCUT2D eigenvalue weighted by Gasteiger charge is 2.39. The van der Waals surface area contributed by atoms with Crippen molar-refractivity contribution in [2.45, 2.75) is 65.3 Å². The van der Waals surface area contributed by atoms with Gasteiger partial charge in [0.2, 0.25) is 0 Å². The third kappa shape index (κ3) is 3.44. The largest absolute Gasteiger partial charge is 0.310 e. The Morgan fingerprint density at radius 3 is 2.25 bits per heavy atom. The highest BCUT2D eigenvalue weighted by atomic mass is 14.9. The van der Waals surface area contributed by atoms with Gasteiger partial charge in [0.1, 0.15) is 0 Å². The van der Waals surface area contributed by atoms with Crippen LogP contribution in [0.3, 0.4) is 0 Å². The van der Waals surface area contributed by atoms with Gasteiger partial charge in [0, 0.05) is 6.04 Å². The van der Waals surface area contributed by atoms with E-state index in [4.69, 9.17) is 0 Å². The molecule has 1 saturated carbocycles. The van der Waals surface area contributed by atoms with E-state index < -0.39 is 0 Å². The summed E-state index contributed by atoms with van der Waals surface area (Å²) in [6, 6.07) is 9.94. The van der Waals surface area contributed by atoms with Gasteiger partial charge in [0.15, 0.2) is 0 Å². The van der Waals surface area contributed by atoms with Gasteiger partial charge in [-0.1, -0.05) is 58.9 Å². The predicted octanol–water partition coefficient (Wildman–Crippen LogP) is 5.07. The zero-order valence-corrected chi connectivity index (χ0v) is 13.9. The Morgan fingerprint density at radius 2 is 1.80 bits per heavy atom. The summed E-state index contributed by atoms with van der Waals surface area (Å²) in [5, 5.41) is 3.75. The molecule has 1 N–H and O–H groups in total. The van der Waals surface area contributed by atoms with Crippen molar-refractivity contribution in [2.75, 3.05) is 6.54 Å². The smallest absolute Gasteiger partial charge is 0.0351 e. The van der Waals surface area contributed by atoms with E-state index in [1.807, 2.05) is 0 Å². The van der Waals surface area contributed by atoms with E-state index in [1.54, 1.807) is 0 Å². The zero-order chi connectivity index (χ0) is 14.8. The van der Waals surface area contributed by atoms with Crippen LogP contribution in [-0.2, 0) is 5.41 Å². The summed E-state index contributed by atoms with van der Waals surface area (Å²) in [4.78, 5) is 0. The summed E-state index contributed by atoms with van der Waals surface area (Å²) >= 11 is 0. The van der Waals surface area contributed by atoms with Crippen molar-refractivity contribution in [3.05, 3.63) is 35.4 Å². The van der Waals surface area contributed by atoms with E-state index in [9.17, 15) is 0 Å². The Balaban J connectivity index is 2.13. The molecular formula is C19H31N. The first-order chi connectivity index (χ1) is 9.49. The van der Waals surface area contributed by atoms with Crippen molar-refractivity contribution in [2.24, 2.45) is 11.8 Å². The molecule has 1 nitrogen and oxygen atoms in total.